The molecule has 0 bridgehead atoms. The van der Waals surface area contributed by atoms with E-state index in [0.29, 0.717) is 36.5 Å². The van der Waals surface area contributed by atoms with Gasteiger partial charge < -0.3 is 28.8 Å². The number of hydrogen-bond donors (Lipinski definition) is 1. The summed E-state index contributed by atoms with van der Waals surface area (Å²) >= 11 is 0. The molecule has 0 spiro atoms. The van der Waals surface area contributed by atoms with Crippen molar-refractivity contribution in [2.24, 2.45) is 0 Å². The van der Waals surface area contributed by atoms with Crippen molar-refractivity contribution in [3.63, 3.8) is 0 Å². The summed E-state index contributed by atoms with van der Waals surface area (Å²) in [5.41, 5.74) is 2.51. The lowest BCUT2D eigenvalue weighted by molar-refractivity contribution is 0.0562. The van der Waals surface area contributed by atoms with Crippen molar-refractivity contribution in [3.8, 4) is 23.0 Å². The number of ether oxygens (including phenoxy) is 3. The number of nitrogens with zero attached hydrogens (tertiary/aromatic N) is 4. The number of aromatic nitrogens is 3. The molecule has 1 N–H and O–H groups in total. The highest BCUT2D eigenvalue weighted by molar-refractivity contribution is 5.93. The van der Waals surface area contributed by atoms with Crippen molar-refractivity contribution in [3.05, 3.63) is 66.6 Å². The van der Waals surface area contributed by atoms with Crippen LogP contribution in [0.2, 0.25) is 0 Å². The van der Waals surface area contributed by atoms with Crippen LogP contribution in [0.3, 0.4) is 0 Å². The van der Waals surface area contributed by atoms with Gasteiger partial charge in [-0.3, -0.25) is 0 Å². The molecular weight excluding hydrogens is 482 g/mol. The maximum absolute atomic E-state index is 5.92. The first kappa shape index (κ1) is 25.5. The Morgan fingerprint density at radius 2 is 1.79 bits per heavy atom. The Morgan fingerprint density at radius 1 is 1.05 bits per heavy atom. The van der Waals surface area contributed by atoms with Crippen molar-refractivity contribution in [1.29, 1.82) is 0 Å². The van der Waals surface area contributed by atoms with E-state index in [9.17, 15) is 0 Å². The fourth-order valence-electron chi connectivity index (χ4n) is 4.66. The summed E-state index contributed by atoms with van der Waals surface area (Å²) in [5, 5.41) is 4.27. The van der Waals surface area contributed by atoms with E-state index < -0.39 is 0 Å². The second-order valence-corrected chi connectivity index (χ2v) is 9.15. The Kier molecular flexibility index (Phi) is 7.74. The average Bonchev–Trinajstić information content (AvgIpc) is 3.34. The standard InChI is InChI=1S/C29H33N5O4/c1-5-15-37-21-11-13-34(14-12-21)27-22-16-25(35-3)26(36-4)17-23(22)32-29(33-27)30-18-24-19(2)38-28(31-24)20-9-7-6-8-10-20/h5-10,16-17,21H,1,11-15,18H2,2-4H3,(H,30,32,33). The number of aryl methyl sites for hydroxylation is 1. The third-order valence-electron chi connectivity index (χ3n) is 6.70. The van der Waals surface area contributed by atoms with E-state index >= 15 is 0 Å². The van der Waals surface area contributed by atoms with Gasteiger partial charge in [0, 0.05) is 30.1 Å². The number of methoxy groups -OCH3 is 2. The largest absolute Gasteiger partial charge is 0.493 e. The van der Waals surface area contributed by atoms with Crippen molar-refractivity contribution in [2.75, 3.05) is 44.1 Å². The maximum atomic E-state index is 5.92. The molecule has 9 nitrogen and oxygen atoms in total. The van der Waals surface area contributed by atoms with Gasteiger partial charge in [-0.1, -0.05) is 24.3 Å². The number of nitrogens with one attached hydrogen (secondary N) is 1. The Morgan fingerprint density at radius 3 is 2.50 bits per heavy atom. The smallest absolute Gasteiger partial charge is 0.226 e. The van der Waals surface area contributed by atoms with Crippen molar-refractivity contribution in [1.82, 2.24) is 15.0 Å². The lowest BCUT2D eigenvalue weighted by Crippen LogP contribution is -2.37. The van der Waals surface area contributed by atoms with Crippen LogP contribution in [0, 0.1) is 6.92 Å². The fraction of sp³-hybridized carbons (Fsp3) is 0.345. The molecule has 0 radical (unpaired) electrons. The van der Waals surface area contributed by atoms with E-state index in [1.807, 2.05) is 49.4 Å². The summed E-state index contributed by atoms with van der Waals surface area (Å²) in [7, 11) is 3.25. The molecule has 2 aromatic carbocycles. The van der Waals surface area contributed by atoms with E-state index in [1.54, 1.807) is 20.3 Å². The highest BCUT2D eigenvalue weighted by atomic mass is 16.5. The molecular formula is C29H33N5O4. The minimum atomic E-state index is 0.221. The Bertz CT molecular complexity index is 1400. The van der Waals surface area contributed by atoms with Gasteiger partial charge in [0.15, 0.2) is 11.5 Å². The molecule has 0 aliphatic carbocycles. The number of fused-ring (bicyclic) bond motifs is 1. The predicted molar refractivity (Wildman–Crippen MR) is 148 cm³/mol. The Balaban J connectivity index is 1.43. The third kappa shape index (κ3) is 5.43. The number of benzene rings is 2. The third-order valence-corrected chi connectivity index (χ3v) is 6.70. The SMILES string of the molecule is C=CCOC1CCN(c2nc(NCc3nc(-c4ccccc4)oc3C)nc3cc(OC)c(OC)cc23)CC1. The second-order valence-electron chi connectivity index (χ2n) is 9.15. The molecule has 1 fully saturated rings. The van der Waals surface area contributed by atoms with Gasteiger partial charge in [0.2, 0.25) is 11.8 Å². The second kappa shape index (κ2) is 11.5. The summed E-state index contributed by atoms with van der Waals surface area (Å²) in [5.74, 6) is 3.97. The van der Waals surface area contributed by atoms with Gasteiger partial charge >= 0.3 is 0 Å². The van der Waals surface area contributed by atoms with Crippen LogP contribution in [-0.2, 0) is 11.3 Å². The number of piperidine rings is 1. The van der Waals surface area contributed by atoms with Gasteiger partial charge in [0.25, 0.3) is 0 Å². The van der Waals surface area contributed by atoms with Crippen molar-refractivity contribution in [2.45, 2.75) is 32.4 Å². The van der Waals surface area contributed by atoms with E-state index in [1.165, 1.54) is 0 Å². The molecule has 1 aliphatic rings. The van der Waals surface area contributed by atoms with Crippen molar-refractivity contribution >= 4 is 22.7 Å². The van der Waals surface area contributed by atoms with Crippen LogP contribution in [0.25, 0.3) is 22.4 Å². The first-order valence-corrected chi connectivity index (χ1v) is 12.8. The van der Waals surface area contributed by atoms with Crippen LogP contribution in [0.5, 0.6) is 11.5 Å². The zero-order valence-corrected chi connectivity index (χ0v) is 22.1. The normalized spacial score (nSPS) is 14.0. The highest BCUT2D eigenvalue weighted by Gasteiger charge is 2.24. The Hall–Kier alpha value is -4.11. The zero-order valence-electron chi connectivity index (χ0n) is 22.1. The predicted octanol–water partition coefficient (Wildman–Crippen LogP) is 5.39. The van der Waals surface area contributed by atoms with E-state index in [-0.39, 0.29) is 6.10 Å². The van der Waals surface area contributed by atoms with Crippen molar-refractivity contribution < 1.29 is 18.6 Å². The van der Waals surface area contributed by atoms with E-state index in [0.717, 1.165) is 59.7 Å². The fourth-order valence-corrected chi connectivity index (χ4v) is 4.66. The quantitative estimate of drug-likeness (QED) is 0.279. The summed E-state index contributed by atoms with van der Waals surface area (Å²) in [4.78, 5) is 16.7. The molecule has 38 heavy (non-hydrogen) atoms. The molecule has 0 atom stereocenters. The number of hydrogen-bond acceptors (Lipinski definition) is 9. The van der Waals surface area contributed by atoms with Crippen LogP contribution in [0.1, 0.15) is 24.3 Å². The van der Waals surface area contributed by atoms with Crippen LogP contribution in [0.4, 0.5) is 11.8 Å². The monoisotopic (exact) mass is 515 g/mol. The topological polar surface area (TPSA) is 94.8 Å². The van der Waals surface area contributed by atoms with Gasteiger partial charge in [-0.05, 0) is 38.0 Å². The summed E-state index contributed by atoms with van der Waals surface area (Å²) in [6, 6.07) is 13.7. The molecule has 0 unspecified atom stereocenters. The van der Waals surface area contributed by atoms with Crippen LogP contribution in [-0.4, -0.2) is 55.0 Å². The number of anilines is 2. The molecule has 9 heteroatoms. The molecule has 1 aliphatic heterocycles. The van der Waals surface area contributed by atoms with Gasteiger partial charge in [-0.2, -0.15) is 4.98 Å². The van der Waals surface area contributed by atoms with E-state index in [4.69, 9.17) is 33.6 Å². The minimum absolute atomic E-state index is 0.221. The van der Waals surface area contributed by atoms with Gasteiger partial charge in [-0.15, -0.1) is 6.58 Å². The molecule has 5 rings (SSSR count). The van der Waals surface area contributed by atoms with Gasteiger partial charge in [0.1, 0.15) is 17.3 Å². The van der Waals surface area contributed by atoms with Crippen LogP contribution >= 0.6 is 0 Å². The summed E-state index contributed by atoms with van der Waals surface area (Å²) < 4.78 is 22.9. The van der Waals surface area contributed by atoms with Gasteiger partial charge in [-0.25, -0.2) is 9.97 Å². The lowest BCUT2D eigenvalue weighted by atomic mass is 10.1. The van der Waals surface area contributed by atoms with Crippen LogP contribution in [0.15, 0.2) is 59.5 Å². The molecule has 3 heterocycles. The molecule has 0 saturated carbocycles. The maximum Gasteiger partial charge on any atom is 0.226 e. The molecule has 4 aromatic rings. The molecule has 2 aromatic heterocycles. The van der Waals surface area contributed by atoms with Crippen LogP contribution < -0.4 is 19.7 Å². The Labute approximate surface area is 222 Å². The zero-order chi connectivity index (χ0) is 26.5. The minimum Gasteiger partial charge on any atom is -0.493 e. The molecule has 198 valence electrons. The summed E-state index contributed by atoms with van der Waals surface area (Å²) in [6.07, 6.45) is 3.84. The lowest BCUT2D eigenvalue weighted by Gasteiger charge is -2.33. The molecule has 0 amide bonds. The first-order chi connectivity index (χ1) is 18.6. The average molecular weight is 516 g/mol. The van der Waals surface area contributed by atoms with Gasteiger partial charge in [0.05, 0.1) is 39.0 Å². The highest BCUT2D eigenvalue weighted by Crippen LogP contribution is 2.36. The summed E-state index contributed by atoms with van der Waals surface area (Å²) in [6.45, 7) is 8.31. The first-order valence-electron chi connectivity index (χ1n) is 12.8. The van der Waals surface area contributed by atoms with E-state index in [2.05, 4.69) is 16.8 Å². The number of oxazole rings is 1. The number of rotatable bonds is 10. The molecule has 1 saturated heterocycles.